The molecule has 70 valence electrons. The highest BCUT2D eigenvalue weighted by atomic mass is 15.1. The highest BCUT2D eigenvalue weighted by molar-refractivity contribution is 5.31. The van der Waals surface area contributed by atoms with Crippen LogP contribution in [0, 0.1) is 0 Å². The summed E-state index contributed by atoms with van der Waals surface area (Å²) in [6.07, 6.45) is 6.06. The minimum Gasteiger partial charge on any atom is -0.334 e. The zero-order chi connectivity index (χ0) is 9.38. The number of aryl methyl sites for hydroxylation is 2. The summed E-state index contributed by atoms with van der Waals surface area (Å²) in [6, 6.07) is 8.66. The van der Waals surface area contributed by atoms with Crippen LogP contribution in [0.3, 0.4) is 0 Å². The lowest BCUT2D eigenvalue weighted by Gasteiger charge is -2.02. The summed E-state index contributed by atoms with van der Waals surface area (Å²) in [5.41, 5.74) is 2.90. The summed E-state index contributed by atoms with van der Waals surface area (Å²) in [4.78, 5) is 4.38. The second kappa shape index (κ2) is 2.98. The molecule has 0 unspecified atom stereocenters. The van der Waals surface area contributed by atoms with Crippen LogP contribution in [0.15, 0.2) is 36.7 Å². The van der Waals surface area contributed by atoms with Gasteiger partial charge in [-0.2, -0.15) is 0 Å². The van der Waals surface area contributed by atoms with Crippen molar-refractivity contribution in [3.63, 3.8) is 0 Å². The second-order valence-electron chi connectivity index (χ2n) is 3.73. The van der Waals surface area contributed by atoms with E-state index >= 15 is 0 Å². The quantitative estimate of drug-likeness (QED) is 0.612. The van der Waals surface area contributed by atoms with Crippen LogP contribution in [-0.4, -0.2) is 9.55 Å². The first kappa shape index (κ1) is 7.80. The zero-order valence-electron chi connectivity index (χ0n) is 7.98. The summed E-state index contributed by atoms with van der Waals surface area (Å²) in [5, 5.41) is 0. The molecule has 3 rings (SSSR count). The summed E-state index contributed by atoms with van der Waals surface area (Å²) in [7, 11) is 0. The van der Waals surface area contributed by atoms with Crippen molar-refractivity contribution in [3.05, 3.63) is 53.6 Å². The Bertz CT molecular complexity index is 457. The van der Waals surface area contributed by atoms with Gasteiger partial charge >= 0.3 is 0 Å². The van der Waals surface area contributed by atoms with E-state index in [2.05, 4.69) is 40.0 Å². The largest absolute Gasteiger partial charge is 0.334 e. The van der Waals surface area contributed by atoms with Gasteiger partial charge in [0, 0.05) is 25.4 Å². The molecule has 2 heteroatoms. The van der Waals surface area contributed by atoms with Gasteiger partial charge in [-0.3, -0.25) is 0 Å². The Hall–Kier alpha value is -1.57. The Kier molecular flexibility index (Phi) is 1.66. The van der Waals surface area contributed by atoms with Gasteiger partial charge in [0.15, 0.2) is 0 Å². The van der Waals surface area contributed by atoms with Crippen LogP contribution in [0.4, 0.5) is 0 Å². The van der Waals surface area contributed by atoms with Crippen LogP contribution in [0.25, 0.3) is 0 Å². The molecule has 0 amide bonds. The van der Waals surface area contributed by atoms with E-state index in [1.54, 1.807) is 0 Å². The van der Waals surface area contributed by atoms with E-state index in [1.807, 2.05) is 6.20 Å². The van der Waals surface area contributed by atoms with Crippen LogP contribution in [-0.2, 0) is 19.4 Å². The molecular weight excluding hydrogens is 172 g/mol. The SMILES string of the molecule is c1ccc2c(c1)CCn1ccnc1C2. The van der Waals surface area contributed by atoms with E-state index in [4.69, 9.17) is 0 Å². The van der Waals surface area contributed by atoms with Crippen molar-refractivity contribution in [2.24, 2.45) is 0 Å². The van der Waals surface area contributed by atoms with Crippen molar-refractivity contribution < 1.29 is 0 Å². The molecule has 2 heterocycles. The molecule has 0 bridgehead atoms. The Balaban J connectivity index is 2.10. The van der Waals surface area contributed by atoms with Gasteiger partial charge < -0.3 is 4.57 Å². The van der Waals surface area contributed by atoms with Crippen molar-refractivity contribution >= 4 is 0 Å². The second-order valence-corrected chi connectivity index (χ2v) is 3.73. The molecule has 0 fully saturated rings. The summed E-state index contributed by atoms with van der Waals surface area (Å²) < 4.78 is 2.25. The van der Waals surface area contributed by atoms with Crippen molar-refractivity contribution in [2.75, 3.05) is 0 Å². The predicted molar refractivity (Wildman–Crippen MR) is 55.2 cm³/mol. The van der Waals surface area contributed by atoms with Gasteiger partial charge in [-0.15, -0.1) is 0 Å². The molecule has 14 heavy (non-hydrogen) atoms. The molecule has 0 saturated carbocycles. The Morgan fingerprint density at radius 1 is 1.14 bits per heavy atom. The van der Waals surface area contributed by atoms with Crippen molar-refractivity contribution in [1.29, 1.82) is 0 Å². The van der Waals surface area contributed by atoms with E-state index in [0.717, 1.165) is 19.4 Å². The van der Waals surface area contributed by atoms with E-state index < -0.39 is 0 Å². The van der Waals surface area contributed by atoms with Crippen LogP contribution in [0.1, 0.15) is 17.0 Å². The van der Waals surface area contributed by atoms with Crippen molar-refractivity contribution in [3.8, 4) is 0 Å². The smallest absolute Gasteiger partial charge is 0.113 e. The van der Waals surface area contributed by atoms with Gasteiger partial charge in [0.25, 0.3) is 0 Å². The van der Waals surface area contributed by atoms with E-state index in [1.165, 1.54) is 17.0 Å². The number of benzene rings is 1. The van der Waals surface area contributed by atoms with Gasteiger partial charge in [-0.25, -0.2) is 4.98 Å². The Morgan fingerprint density at radius 2 is 2.00 bits per heavy atom. The lowest BCUT2D eigenvalue weighted by molar-refractivity contribution is 0.681. The first-order chi connectivity index (χ1) is 6.93. The molecule has 0 N–H and O–H groups in total. The van der Waals surface area contributed by atoms with Crippen molar-refractivity contribution in [1.82, 2.24) is 9.55 Å². The summed E-state index contributed by atoms with van der Waals surface area (Å²) in [5.74, 6) is 1.19. The number of imidazole rings is 1. The number of nitrogens with zero attached hydrogens (tertiary/aromatic N) is 2. The summed E-state index contributed by atoms with van der Waals surface area (Å²) in [6.45, 7) is 1.06. The monoisotopic (exact) mass is 184 g/mol. The molecular formula is C12H12N2. The fraction of sp³-hybridized carbons (Fsp3) is 0.250. The Labute approximate surface area is 83.2 Å². The van der Waals surface area contributed by atoms with Gasteiger partial charge in [0.05, 0.1) is 0 Å². The van der Waals surface area contributed by atoms with Gasteiger partial charge in [0.2, 0.25) is 0 Å². The molecule has 1 aromatic heterocycles. The Morgan fingerprint density at radius 3 is 2.93 bits per heavy atom. The molecule has 0 atom stereocenters. The molecule has 2 nitrogen and oxygen atoms in total. The van der Waals surface area contributed by atoms with Gasteiger partial charge in [-0.05, 0) is 17.5 Å². The number of aromatic nitrogens is 2. The van der Waals surface area contributed by atoms with Crippen LogP contribution < -0.4 is 0 Å². The number of hydrogen-bond donors (Lipinski definition) is 0. The highest BCUT2D eigenvalue weighted by Crippen LogP contribution is 2.18. The molecule has 1 aromatic carbocycles. The standard InChI is InChI=1S/C12H12N2/c1-2-4-11-9-12-13-6-8-14(12)7-5-10(11)3-1/h1-4,6,8H,5,7,9H2. The maximum Gasteiger partial charge on any atom is 0.113 e. The maximum atomic E-state index is 4.38. The van der Waals surface area contributed by atoms with Gasteiger partial charge in [-0.1, -0.05) is 24.3 Å². The third-order valence-electron chi connectivity index (χ3n) is 2.89. The minimum atomic E-state index is 0.975. The average Bonchev–Trinajstić information content (AvgIpc) is 2.58. The average molecular weight is 184 g/mol. The van der Waals surface area contributed by atoms with Gasteiger partial charge in [0.1, 0.15) is 5.82 Å². The highest BCUT2D eigenvalue weighted by Gasteiger charge is 2.11. The number of fused-ring (bicyclic) bond motifs is 2. The first-order valence-corrected chi connectivity index (χ1v) is 5.00. The molecule has 0 radical (unpaired) electrons. The van der Waals surface area contributed by atoms with Crippen molar-refractivity contribution in [2.45, 2.75) is 19.4 Å². The van der Waals surface area contributed by atoms with E-state index in [9.17, 15) is 0 Å². The number of rotatable bonds is 0. The van der Waals surface area contributed by atoms with Crippen LogP contribution in [0.2, 0.25) is 0 Å². The number of hydrogen-bond acceptors (Lipinski definition) is 1. The van der Waals surface area contributed by atoms with E-state index in [0.29, 0.717) is 0 Å². The normalized spacial score (nSPS) is 14.3. The molecule has 0 saturated heterocycles. The molecule has 1 aliphatic heterocycles. The molecule has 2 aromatic rings. The molecule has 1 aliphatic rings. The fourth-order valence-electron chi connectivity index (χ4n) is 2.10. The van der Waals surface area contributed by atoms with E-state index in [-0.39, 0.29) is 0 Å². The zero-order valence-corrected chi connectivity index (χ0v) is 7.98. The molecule has 0 spiro atoms. The third-order valence-corrected chi connectivity index (χ3v) is 2.89. The summed E-state index contributed by atoms with van der Waals surface area (Å²) >= 11 is 0. The lowest BCUT2D eigenvalue weighted by Crippen LogP contribution is -2.00. The maximum absolute atomic E-state index is 4.38. The predicted octanol–water partition coefficient (Wildman–Crippen LogP) is 2.03. The minimum absolute atomic E-state index is 0.975. The fourth-order valence-corrected chi connectivity index (χ4v) is 2.10. The molecule has 0 aliphatic carbocycles. The third kappa shape index (κ3) is 1.15. The van der Waals surface area contributed by atoms with Crippen LogP contribution in [0.5, 0.6) is 0 Å². The lowest BCUT2D eigenvalue weighted by atomic mass is 10.0. The first-order valence-electron chi connectivity index (χ1n) is 5.00. The van der Waals surface area contributed by atoms with Crippen LogP contribution >= 0.6 is 0 Å². The topological polar surface area (TPSA) is 17.8 Å².